The molecule has 0 aliphatic carbocycles. The van der Waals surface area contributed by atoms with Gasteiger partial charge in [0.1, 0.15) is 0 Å². The van der Waals surface area contributed by atoms with Crippen molar-refractivity contribution in [1.82, 2.24) is 9.78 Å². The molecule has 104 valence electrons. The van der Waals surface area contributed by atoms with Gasteiger partial charge in [-0.1, -0.05) is 30.3 Å². The Labute approximate surface area is 121 Å². The molecule has 0 atom stereocenters. The fourth-order valence-electron chi connectivity index (χ4n) is 2.24. The van der Waals surface area contributed by atoms with Crippen molar-refractivity contribution in [2.75, 3.05) is 0 Å². The first kappa shape index (κ1) is 13.1. The van der Waals surface area contributed by atoms with Crippen LogP contribution in [0.25, 0.3) is 22.5 Å². The summed E-state index contributed by atoms with van der Waals surface area (Å²) in [6.45, 7) is 0. The highest BCUT2D eigenvalue weighted by atomic mass is 16.6. The van der Waals surface area contributed by atoms with Gasteiger partial charge >= 0.3 is 0 Å². The highest BCUT2D eigenvalue weighted by Gasteiger charge is 2.10. The van der Waals surface area contributed by atoms with E-state index in [2.05, 4.69) is 5.10 Å². The van der Waals surface area contributed by atoms with Gasteiger partial charge < -0.3 is 0 Å². The van der Waals surface area contributed by atoms with Gasteiger partial charge in [0, 0.05) is 30.3 Å². The standard InChI is InChI=1S/C16H13N3O2/c1-18-16(13-7-9-14(10-8-13)19(20)21)11-15(17-18)12-5-3-2-4-6-12/h2-11H,1H3. The lowest BCUT2D eigenvalue weighted by Gasteiger charge is -2.00. The second-order valence-corrected chi connectivity index (χ2v) is 4.71. The van der Waals surface area contributed by atoms with Gasteiger partial charge in [0.25, 0.3) is 5.69 Å². The van der Waals surface area contributed by atoms with Crippen molar-refractivity contribution in [1.29, 1.82) is 0 Å². The van der Waals surface area contributed by atoms with Crippen LogP contribution >= 0.6 is 0 Å². The normalized spacial score (nSPS) is 10.5. The van der Waals surface area contributed by atoms with Crippen molar-refractivity contribution in [3.05, 3.63) is 70.8 Å². The van der Waals surface area contributed by atoms with Crippen LogP contribution in [0.1, 0.15) is 0 Å². The number of hydrogen-bond donors (Lipinski definition) is 0. The lowest BCUT2D eigenvalue weighted by Crippen LogP contribution is -1.94. The third kappa shape index (κ3) is 2.53. The monoisotopic (exact) mass is 279 g/mol. The zero-order chi connectivity index (χ0) is 14.8. The Morgan fingerprint density at radius 3 is 2.29 bits per heavy atom. The van der Waals surface area contributed by atoms with Gasteiger partial charge in [-0.25, -0.2) is 0 Å². The molecule has 0 saturated heterocycles. The fourth-order valence-corrected chi connectivity index (χ4v) is 2.24. The van der Waals surface area contributed by atoms with Gasteiger partial charge in [-0.05, 0) is 18.2 Å². The van der Waals surface area contributed by atoms with Gasteiger partial charge in [0.2, 0.25) is 0 Å². The zero-order valence-corrected chi connectivity index (χ0v) is 11.4. The van der Waals surface area contributed by atoms with E-state index in [0.29, 0.717) is 0 Å². The molecule has 0 radical (unpaired) electrons. The number of nitro benzene ring substituents is 1. The van der Waals surface area contributed by atoms with Crippen molar-refractivity contribution in [2.24, 2.45) is 7.05 Å². The average Bonchev–Trinajstić information content (AvgIpc) is 2.90. The topological polar surface area (TPSA) is 61.0 Å². The molecule has 5 nitrogen and oxygen atoms in total. The van der Waals surface area contributed by atoms with Crippen LogP contribution in [0.4, 0.5) is 5.69 Å². The van der Waals surface area contributed by atoms with E-state index in [-0.39, 0.29) is 5.69 Å². The zero-order valence-electron chi connectivity index (χ0n) is 11.4. The number of aromatic nitrogens is 2. The Bertz CT molecular complexity index is 777. The largest absolute Gasteiger partial charge is 0.269 e. The average molecular weight is 279 g/mol. The molecule has 0 unspecified atom stereocenters. The van der Waals surface area contributed by atoms with Crippen LogP contribution in [0, 0.1) is 10.1 Å². The minimum Gasteiger partial charge on any atom is -0.267 e. The van der Waals surface area contributed by atoms with E-state index >= 15 is 0 Å². The van der Waals surface area contributed by atoms with Crippen molar-refractivity contribution in [2.45, 2.75) is 0 Å². The van der Waals surface area contributed by atoms with Gasteiger partial charge in [0.05, 0.1) is 16.3 Å². The maximum atomic E-state index is 10.7. The first-order valence-corrected chi connectivity index (χ1v) is 6.49. The summed E-state index contributed by atoms with van der Waals surface area (Å²) in [5, 5.41) is 15.2. The lowest BCUT2D eigenvalue weighted by atomic mass is 10.1. The Balaban J connectivity index is 2.00. The molecule has 0 fully saturated rings. The Hall–Kier alpha value is -2.95. The number of aryl methyl sites for hydroxylation is 1. The molecule has 0 spiro atoms. The second-order valence-electron chi connectivity index (χ2n) is 4.71. The minimum atomic E-state index is -0.400. The van der Waals surface area contributed by atoms with E-state index in [4.69, 9.17) is 0 Å². The number of rotatable bonds is 3. The number of benzene rings is 2. The summed E-state index contributed by atoms with van der Waals surface area (Å²) in [6, 6.07) is 18.4. The third-order valence-electron chi connectivity index (χ3n) is 3.32. The maximum Gasteiger partial charge on any atom is 0.269 e. The Morgan fingerprint density at radius 2 is 1.67 bits per heavy atom. The summed E-state index contributed by atoms with van der Waals surface area (Å²) in [6.07, 6.45) is 0. The lowest BCUT2D eigenvalue weighted by molar-refractivity contribution is -0.384. The Morgan fingerprint density at radius 1 is 1.00 bits per heavy atom. The molecule has 0 amide bonds. The van der Waals surface area contributed by atoms with Crippen LogP contribution in [0.5, 0.6) is 0 Å². The summed E-state index contributed by atoms with van der Waals surface area (Å²) in [5.74, 6) is 0. The van der Waals surface area contributed by atoms with E-state index in [0.717, 1.165) is 22.5 Å². The van der Waals surface area contributed by atoms with E-state index in [9.17, 15) is 10.1 Å². The highest BCUT2D eigenvalue weighted by molar-refractivity contribution is 5.69. The summed E-state index contributed by atoms with van der Waals surface area (Å²) in [7, 11) is 1.86. The third-order valence-corrected chi connectivity index (χ3v) is 3.32. The van der Waals surface area contributed by atoms with E-state index in [1.165, 1.54) is 12.1 Å². The SMILES string of the molecule is Cn1nc(-c2ccccc2)cc1-c1ccc([N+](=O)[O-])cc1. The Kier molecular flexibility index (Phi) is 3.23. The van der Waals surface area contributed by atoms with Gasteiger partial charge in [-0.2, -0.15) is 5.10 Å². The highest BCUT2D eigenvalue weighted by Crippen LogP contribution is 2.26. The molecular weight excluding hydrogens is 266 g/mol. The second kappa shape index (κ2) is 5.20. The molecule has 0 aliphatic heterocycles. The first-order valence-electron chi connectivity index (χ1n) is 6.49. The van der Waals surface area contributed by atoms with E-state index in [1.807, 2.05) is 43.4 Å². The van der Waals surface area contributed by atoms with Crippen molar-refractivity contribution < 1.29 is 4.92 Å². The molecule has 1 heterocycles. The van der Waals surface area contributed by atoms with Crippen LogP contribution in [0.3, 0.4) is 0 Å². The molecule has 21 heavy (non-hydrogen) atoms. The quantitative estimate of drug-likeness (QED) is 0.543. The number of nitro groups is 1. The maximum absolute atomic E-state index is 10.7. The van der Waals surface area contributed by atoms with Gasteiger partial charge in [-0.15, -0.1) is 0 Å². The first-order chi connectivity index (χ1) is 10.1. The predicted molar refractivity (Wildman–Crippen MR) is 80.7 cm³/mol. The van der Waals surface area contributed by atoms with Crippen LogP contribution < -0.4 is 0 Å². The molecule has 5 heteroatoms. The molecule has 3 rings (SSSR count). The van der Waals surface area contributed by atoms with Crippen LogP contribution in [-0.2, 0) is 7.05 Å². The van der Waals surface area contributed by atoms with Crippen LogP contribution in [-0.4, -0.2) is 14.7 Å². The molecule has 0 saturated carbocycles. The van der Waals surface area contributed by atoms with E-state index in [1.54, 1.807) is 16.8 Å². The van der Waals surface area contributed by atoms with Crippen LogP contribution in [0.15, 0.2) is 60.7 Å². The summed E-state index contributed by atoms with van der Waals surface area (Å²) >= 11 is 0. The fraction of sp³-hybridized carbons (Fsp3) is 0.0625. The summed E-state index contributed by atoms with van der Waals surface area (Å²) in [4.78, 5) is 10.3. The molecule has 0 bridgehead atoms. The number of nitrogens with zero attached hydrogens (tertiary/aromatic N) is 3. The minimum absolute atomic E-state index is 0.0872. The van der Waals surface area contributed by atoms with Crippen LogP contribution in [0.2, 0.25) is 0 Å². The van der Waals surface area contributed by atoms with E-state index < -0.39 is 4.92 Å². The smallest absolute Gasteiger partial charge is 0.267 e. The number of non-ortho nitro benzene ring substituents is 1. The predicted octanol–water partition coefficient (Wildman–Crippen LogP) is 3.66. The molecule has 2 aromatic carbocycles. The molecule has 0 aliphatic rings. The van der Waals surface area contributed by atoms with Gasteiger partial charge in [-0.3, -0.25) is 14.8 Å². The summed E-state index contributed by atoms with van der Waals surface area (Å²) < 4.78 is 1.78. The summed E-state index contributed by atoms with van der Waals surface area (Å²) in [5.41, 5.74) is 3.83. The molecule has 1 aromatic heterocycles. The van der Waals surface area contributed by atoms with Crippen molar-refractivity contribution in [3.63, 3.8) is 0 Å². The molecular formula is C16H13N3O2. The van der Waals surface area contributed by atoms with Crippen molar-refractivity contribution in [3.8, 4) is 22.5 Å². The van der Waals surface area contributed by atoms with Gasteiger partial charge in [0.15, 0.2) is 0 Å². The molecule has 3 aromatic rings. The number of hydrogen-bond acceptors (Lipinski definition) is 3. The molecule has 0 N–H and O–H groups in total. The van der Waals surface area contributed by atoms with Crippen molar-refractivity contribution >= 4 is 5.69 Å².